The molecule has 0 spiro atoms. The van der Waals surface area contributed by atoms with Crippen molar-refractivity contribution < 1.29 is 22.6 Å². The molecule has 0 aromatic carbocycles. The van der Waals surface area contributed by atoms with Crippen LogP contribution in [0.1, 0.15) is 19.3 Å². The summed E-state index contributed by atoms with van der Waals surface area (Å²) in [7, 11) is 0. The minimum absolute atomic E-state index is 0.0820. The molecular formula is C10H12ClF3O2. The van der Waals surface area contributed by atoms with Crippen LogP contribution in [0.25, 0.3) is 0 Å². The Kier molecular flexibility index (Phi) is 2.12. The summed E-state index contributed by atoms with van der Waals surface area (Å²) in [6, 6.07) is -0.208. The van der Waals surface area contributed by atoms with Crippen molar-refractivity contribution >= 4 is 11.6 Å². The lowest BCUT2D eigenvalue weighted by atomic mass is 9.69. The van der Waals surface area contributed by atoms with Gasteiger partial charge in [0.05, 0.1) is 6.61 Å². The molecule has 1 saturated heterocycles. The summed E-state index contributed by atoms with van der Waals surface area (Å²) in [6.07, 6.45) is -2.73. The van der Waals surface area contributed by atoms with Crippen molar-refractivity contribution in [3.05, 3.63) is 0 Å². The summed E-state index contributed by atoms with van der Waals surface area (Å²) in [5.41, 5.74) is -3.29. The molecule has 1 heterocycles. The van der Waals surface area contributed by atoms with Crippen molar-refractivity contribution in [3.8, 4) is 0 Å². The first-order valence-electron chi connectivity index (χ1n) is 5.37. The van der Waals surface area contributed by atoms with Gasteiger partial charge in [-0.05, 0) is 25.2 Å². The van der Waals surface area contributed by atoms with Gasteiger partial charge in [-0.3, -0.25) is 0 Å². The Balaban J connectivity index is 2.03. The molecule has 0 radical (unpaired) electrons. The van der Waals surface area contributed by atoms with Gasteiger partial charge in [-0.1, -0.05) is 11.6 Å². The molecule has 3 rings (SSSR count). The number of alkyl halides is 4. The number of rotatable bonds is 2. The van der Waals surface area contributed by atoms with E-state index in [9.17, 15) is 13.2 Å². The zero-order valence-corrected chi connectivity index (χ0v) is 9.27. The zero-order valence-electron chi connectivity index (χ0n) is 8.52. The van der Waals surface area contributed by atoms with Crippen LogP contribution >= 0.6 is 11.6 Å². The molecular weight excluding hydrogens is 245 g/mol. The Morgan fingerprint density at radius 3 is 2.69 bits per heavy atom. The summed E-state index contributed by atoms with van der Waals surface area (Å²) in [5.74, 6) is -0.344. The van der Waals surface area contributed by atoms with Gasteiger partial charge in [0.2, 0.25) is 0 Å². The molecule has 16 heavy (non-hydrogen) atoms. The third-order valence-electron chi connectivity index (χ3n) is 4.52. The smallest absolute Gasteiger partial charge is 0.362 e. The molecule has 0 amide bonds. The van der Waals surface area contributed by atoms with E-state index >= 15 is 0 Å². The molecule has 1 aliphatic heterocycles. The van der Waals surface area contributed by atoms with Gasteiger partial charge in [0.1, 0.15) is 11.7 Å². The van der Waals surface area contributed by atoms with Gasteiger partial charge < -0.3 is 9.47 Å². The lowest BCUT2D eigenvalue weighted by molar-refractivity contribution is -0.401. The van der Waals surface area contributed by atoms with Crippen LogP contribution in [-0.4, -0.2) is 30.1 Å². The highest BCUT2D eigenvalue weighted by Gasteiger charge is 2.83. The molecule has 2 aliphatic carbocycles. The van der Waals surface area contributed by atoms with E-state index in [0.717, 1.165) is 6.42 Å². The van der Waals surface area contributed by atoms with Crippen LogP contribution in [0, 0.1) is 11.8 Å². The molecule has 0 N–H and O–H groups in total. The maximum atomic E-state index is 13.2. The van der Waals surface area contributed by atoms with Crippen LogP contribution in [-0.2, 0) is 9.47 Å². The van der Waals surface area contributed by atoms with Gasteiger partial charge in [-0.25, -0.2) is 0 Å². The number of ether oxygens (including phenoxy) is 2. The van der Waals surface area contributed by atoms with Crippen LogP contribution in [0.4, 0.5) is 13.2 Å². The topological polar surface area (TPSA) is 18.5 Å². The standard InChI is InChI=1S/C10H12ClF3O2/c11-5-16-8-2-1-6(3-8)7-4-15-9(7,8)10(12,13)14/h6-7H,1-5H2. The molecule has 3 fully saturated rings. The Morgan fingerprint density at radius 1 is 1.44 bits per heavy atom. The molecule has 2 saturated carbocycles. The second-order valence-corrected chi connectivity index (χ2v) is 5.12. The Morgan fingerprint density at radius 2 is 2.19 bits per heavy atom. The van der Waals surface area contributed by atoms with Crippen LogP contribution in [0.3, 0.4) is 0 Å². The lowest BCUT2D eigenvalue weighted by Crippen LogP contribution is -2.73. The average Bonchev–Trinajstić information content (AvgIpc) is 2.52. The van der Waals surface area contributed by atoms with Crippen LogP contribution in [0.15, 0.2) is 0 Å². The van der Waals surface area contributed by atoms with Crippen molar-refractivity contribution in [1.29, 1.82) is 0 Å². The Bertz CT molecular complexity index is 322. The average molecular weight is 257 g/mol. The largest absolute Gasteiger partial charge is 0.420 e. The first kappa shape index (κ1) is 11.1. The first-order chi connectivity index (χ1) is 7.47. The highest BCUT2D eigenvalue weighted by Crippen LogP contribution is 2.69. The van der Waals surface area contributed by atoms with Crippen LogP contribution < -0.4 is 0 Å². The number of hydrogen-bond acceptors (Lipinski definition) is 2. The van der Waals surface area contributed by atoms with E-state index in [-0.39, 0.29) is 18.6 Å². The van der Waals surface area contributed by atoms with E-state index in [1.165, 1.54) is 0 Å². The minimum atomic E-state index is -4.36. The SMILES string of the molecule is FC(F)(F)C12OCC1C1CCC2(OCCl)C1. The molecule has 4 unspecified atom stereocenters. The first-order valence-corrected chi connectivity index (χ1v) is 5.91. The van der Waals surface area contributed by atoms with Crippen molar-refractivity contribution in [2.45, 2.75) is 36.6 Å². The fourth-order valence-corrected chi connectivity index (χ4v) is 4.11. The Labute approximate surface area is 96.0 Å². The maximum absolute atomic E-state index is 13.2. The molecule has 0 aromatic heterocycles. The van der Waals surface area contributed by atoms with Crippen molar-refractivity contribution in [1.82, 2.24) is 0 Å². The van der Waals surface area contributed by atoms with Gasteiger partial charge in [0, 0.05) is 5.92 Å². The zero-order chi connectivity index (χ0) is 11.6. The van der Waals surface area contributed by atoms with E-state index in [1.807, 2.05) is 0 Å². The molecule has 92 valence electrons. The molecule has 3 aliphatic rings. The summed E-state index contributed by atoms with van der Waals surface area (Å²) in [4.78, 5) is 0. The van der Waals surface area contributed by atoms with Crippen LogP contribution in [0.5, 0.6) is 0 Å². The molecule has 4 atom stereocenters. The second kappa shape index (κ2) is 3.06. The predicted molar refractivity (Wildman–Crippen MR) is 50.1 cm³/mol. The van der Waals surface area contributed by atoms with E-state index in [1.54, 1.807) is 0 Å². The summed E-state index contributed by atoms with van der Waals surface area (Å²) < 4.78 is 49.9. The van der Waals surface area contributed by atoms with E-state index in [0.29, 0.717) is 12.8 Å². The number of fused-ring (bicyclic) bond motifs is 5. The molecule has 2 bridgehead atoms. The fourth-order valence-electron chi connectivity index (χ4n) is 3.90. The molecule has 2 nitrogen and oxygen atoms in total. The second-order valence-electron chi connectivity index (χ2n) is 4.90. The predicted octanol–water partition coefficient (Wildman–Crippen LogP) is 2.70. The van der Waals surface area contributed by atoms with Crippen molar-refractivity contribution in [3.63, 3.8) is 0 Å². The summed E-state index contributed by atoms with van der Waals surface area (Å²) >= 11 is 5.47. The third kappa shape index (κ3) is 0.985. The lowest BCUT2D eigenvalue weighted by Gasteiger charge is -2.56. The van der Waals surface area contributed by atoms with Gasteiger partial charge in [-0.2, -0.15) is 13.2 Å². The van der Waals surface area contributed by atoms with Gasteiger partial charge >= 0.3 is 6.18 Å². The van der Waals surface area contributed by atoms with Crippen molar-refractivity contribution in [2.75, 3.05) is 12.7 Å². The number of halogens is 4. The summed E-state index contributed by atoms with van der Waals surface area (Å²) in [5, 5.41) is 0. The number of hydrogen-bond donors (Lipinski definition) is 0. The normalized spacial score (nSPS) is 50.2. The van der Waals surface area contributed by atoms with Gasteiger partial charge in [-0.15, -0.1) is 0 Å². The third-order valence-corrected chi connectivity index (χ3v) is 4.63. The molecule has 6 heteroatoms. The molecule has 0 aromatic rings. The van der Waals surface area contributed by atoms with Crippen molar-refractivity contribution in [2.24, 2.45) is 11.8 Å². The van der Waals surface area contributed by atoms with E-state index in [4.69, 9.17) is 21.1 Å². The fraction of sp³-hybridized carbons (Fsp3) is 1.00. The van der Waals surface area contributed by atoms with Gasteiger partial charge in [0.25, 0.3) is 0 Å². The highest BCUT2D eigenvalue weighted by atomic mass is 35.5. The van der Waals surface area contributed by atoms with E-state index < -0.39 is 23.3 Å². The van der Waals surface area contributed by atoms with E-state index in [2.05, 4.69) is 0 Å². The van der Waals surface area contributed by atoms with Gasteiger partial charge in [0.15, 0.2) is 5.60 Å². The minimum Gasteiger partial charge on any atom is -0.362 e. The Hall–Kier alpha value is 0. The summed E-state index contributed by atoms with van der Waals surface area (Å²) in [6.45, 7) is 0.206. The quantitative estimate of drug-likeness (QED) is 0.708. The van der Waals surface area contributed by atoms with Crippen LogP contribution in [0.2, 0.25) is 0 Å². The highest BCUT2D eigenvalue weighted by molar-refractivity contribution is 6.17. The maximum Gasteiger partial charge on any atom is 0.420 e. The monoisotopic (exact) mass is 256 g/mol.